The zero-order valence-corrected chi connectivity index (χ0v) is 13.5. The normalized spacial score (nSPS) is 12.7. The molecule has 1 aliphatic rings. The molecule has 3 N–H and O–H groups in total. The second-order valence-corrected chi connectivity index (χ2v) is 5.46. The van der Waals surface area contributed by atoms with Crippen LogP contribution in [0.4, 0.5) is 5.69 Å². The molecule has 1 heterocycles. The minimum atomic E-state index is -0.394. The van der Waals surface area contributed by atoms with E-state index >= 15 is 0 Å². The Hall–Kier alpha value is -2.61. The molecule has 23 heavy (non-hydrogen) atoms. The highest BCUT2D eigenvalue weighted by molar-refractivity contribution is 7.80. The van der Waals surface area contributed by atoms with Gasteiger partial charge in [0.05, 0.1) is 5.69 Å². The average molecular weight is 334 g/mol. The van der Waals surface area contributed by atoms with Crippen LogP contribution in [0.15, 0.2) is 36.4 Å². The predicted octanol–water partition coefficient (Wildman–Crippen LogP) is 0.483. The van der Waals surface area contributed by atoms with Crippen LogP contribution in [0.5, 0.6) is 5.75 Å². The quantitative estimate of drug-likeness (QED) is 0.422. The first-order valence-electron chi connectivity index (χ1n) is 6.96. The van der Waals surface area contributed by atoms with Crippen molar-refractivity contribution in [2.45, 2.75) is 6.92 Å². The van der Waals surface area contributed by atoms with Crippen LogP contribution in [-0.4, -0.2) is 36.6 Å². The molecule has 0 bridgehead atoms. The van der Waals surface area contributed by atoms with E-state index in [1.165, 1.54) is 4.90 Å². The van der Waals surface area contributed by atoms with Gasteiger partial charge in [-0.2, -0.15) is 0 Å². The van der Waals surface area contributed by atoms with Crippen molar-refractivity contribution in [2.24, 2.45) is 0 Å². The van der Waals surface area contributed by atoms with Crippen LogP contribution in [0, 0.1) is 0 Å². The number of amides is 2. The Balaban J connectivity index is 1.89. The summed E-state index contributed by atoms with van der Waals surface area (Å²) in [6, 6.07) is 7.06. The summed E-state index contributed by atoms with van der Waals surface area (Å²) in [5.41, 5.74) is 6.51. The number of benzene rings is 1. The van der Waals surface area contributed by atoms with E-state index in [2.05, 4.69) is 22.7 Å². The number of hydrazine groups is 1. The Bertz CT molecular complexity index is 647. The molecule has 7 nitrogen and oxygen atoms in total. The SMILES string of the molecule is C=C(C)CNC(=S)NNC(=O)CN1C(=O)COc2ccccc21. The van der Waals surface area contributed by atoms with Crippen LogP contribution in [0.2, 0.25) is 0 Å². The standard InChI is InChI=1S/C15H18N4O3S/c1-10(2)7-16-15(23)18-17-13(20)8-19-11-5-3-4-6-12(11)22-9-14(19)21/h3-6H,1,7-9H2,2H3,(H,17,20)(H2,16,18,23). The molecule has 0 atom stereocenters. The number of thiocarbonyl (C=S) groups is 1. The summed E-state index contributed by atoms with van der Waals surface area (Å²) in [6.45, 7) is 5.89. The zero-order valence-electron chi connectivity index (χ0n) is 12.7. The van der Waals surface area contributed by atoms with Crippen molar-refractivity contribution >= 4 is 34.8 Å². The molecular formula is C15H18N4O3S. The lowest BCUT2D eigenvalue weighted by Gasteiger charge is -2.28. The lowest BCUT2D eigenvalue weighted by Crippen LogP contribution is -2.52. The topological polar surface area (TPSA) is 82.7 Å². The van der Waals surface area contributed by atoms with E-state index in [0.717, 1.165) is 5.57 Å². The van der Waals surface area contributed by atoms with E-state index in [0.29, 0.717) is 18.0 Å². The number of anilines is 1. The maximum Gasteiger partial charge on any atom is 0.265 e. The van der Waals surface area contributed by atoms with Crippen LogP contribution < -0.4 is 25.8 Å². The first-order chi connectivity index (χ1) is 11.0. The molecule has 0 saturated heterocycles. The zero-order chi connectivity index (χ0) is 16.8. The molecule has 8 heteroatoms. The fourth-order valence-corrected chi connectivity index (χ4v) is 2.04. The van der Waals surface area contributed by atoms with Crippen LogP contribution in [-0.2, 0) is 9.59 Å². The Morgan fingerprint density at radius 2 is 2.13 bits per heavy atom. The summed E-state index contributed by atoms with van der Waals surface area (Å²) in [6.07, 6.45) is 0. The highest BCUT2D eigenvalue weighted by Crippen LogP contribution is 2.30. The monoisotopic (exact) mass is 334 g/mol. The molecule has 2 rings (SSSR count). The number of ether oxygens (including phenoxy) is 1. The lowest BCUT2D eigenvalue weighted by molar-refractivity contribution is -0.125. The first-order valence-corrected chi connectivity index (χ1v) is 7.37. The van der Waals surface area contributed by atoms with Crippen LogP contribution in [0.25, 0.3) is 0 Å². The lowest BCUT2D eigenvalue weighted by atomic mass is 10.2. The molecule has 122 valence electrons. The number of carbonyl (C=O) groups is 2. The smallest absolute Gasteiger partial charge is 0.265 e. The van der Waals surface area contributed by atoms with Gasteiger partial charge in [-0.1, -0.05) is 24.3 Å². The van der Waals surface area contributed by atoms with Gasteiger partial charge in [0.2, 0.25) is 0 Å². The van der Waals surface area contributed by atoms with Gasteiger partial charge < -0.3 is 10.1 Å². The van der Waals surface area contributed by atoms with Crippen molar-refractivity contribution < 1.29 is 14.3 Å². The Morgan fingerprint density at radius 3 is 2.87 bits per heavy atom. The minimum Gasteiger partial charge on any atom is -0.482 e. The van der Waals surface area contributed by atoms with E-state index in [-0.39, 0.29) is 24.2 Å². The third-order valence-corrected chi connectivity index (χ3v) is 3.22. The van der Waals surface area contributed by atoms with E-state index in [1.54, 1.807) is 24.3 Å². The molecule has 1 aromatic carbocycles. The van der Waals surface area contributed by atoms with Crippen molar-refractivity contribution in [3.05, 3.63) is 36.4 Å². The molecule has 0 fully saturated rings. The van der Waals surface area contributed by atoms with Gasteiger partial charge >= 0.3 is 0 Å². The Kier molecular flexibility index (Phi) is 5.53. The first kappa shape index (κ1) is 16.8. The number of para-hydroxylation sites is 2. The number of carbonyl (C=O) groups excluding carboxylic acids is 2. The molecule has 1 aromatic rings. The van der Waals surface area contributed by atoms with E-state index in [1.807, 2.05) is 6.92 Å². The summed E-state index contributed by atoms with van der Waals surface area (Å²) >= 11 is 5.00. The van der Waals surface area contributed by atoms with Crippen molar-refractivity contribution in [3.8, 4) is 5.75 Å². The van der Waals surface area contributed by atoms with Gasteiger partial charge in [0.15, 0.2) is 11.7 Å². The van der Waals surface area contributed by atoms with Crippen LogP contribution >= 0.6 is 12.2 Å². The van der Waals surface area contributed by atoms with Gasteiger partial charge in [-0.3, -0.25) is 25.3 Å². The summed E-state index contributed by atoms with van der Waals surface area (Å²) in [5.74, 6) is -0.0946. The molecule has 0 spiro atoms. The van der Waals surface area contributed by atoms with Crippen molar-refractivity contribution in [1.82, 2.24) is 16.2 Å². The number of rotatable bonds is 4. The van der Waals surface area contributed by atoms with Gasteiger partial charge in [0.25, 0.3) is 11.8 Å². The number of fused-ring (bicyclic) bond motifs is 1. The van der Waals surface area contributed by atoms with Crippen molar-refractivity contribution in [3.63, 3.8) is 0 Å². The number of nitrogens with one attached hydrogen (secondary N) is 3. The van der Waals surface area contributed by atoms with Crippen molar-refractivity contribution in [1.29, 1.82) is 0 Å². The number of nitrogens with zero attached hydrogens (tertiary/aromatic N) is 1. The second-order valence-electron chi connectivity index (χ2n) is 5.05. The van der Waals surface area contributed by atoms with Gasteiger partial charge in [0.1, 0.15) is 12.3 Å². The predicted molar refractivity (Wildman–Crippen MR) is 91.0 cm³/mol. The molecule has 0 unspecified atom stereocenters. The summed E-state index contributed by atoms with van der Waals surface area (Å²) < 4.78 is 5.32. The largest absolute Gasteiger partial charge is 0.482 e. The molecule has 0 saturated carbocycles. The fraction of sp³-hybridized carbons (Fsp3) is 0.267. The molecule has 0 radical (unpaired) electrons. The van der Waals surface area contributed by atoms with E-state index < -0.39 is 5.91 Å². The van der Waals surface area contributed by atoms with Crippen LogP contribution in [0.3, 0.4) is 0 Å². The molecule has 0 aromatic heterocycles. The third-order valence-electron chi connectivity index (χ3n) is 2.98. The van der Waals surface area contributed by atoms with Gasteiger partial charge in [-0.15, -0.1) is 0 Å². The van der Waals surface area contributed by atoms with Crippen molar-refractivity contribution in [2.75, 3.05) is 24.6 Å². The van der Waals surface area contributed by atoms with Gasteiger partial charge in [0, 0.05) is 6.54 Å². The number of hydrogen-bond donors (Lipinski definition) is 3. The highest BCUT2D eigenvalue weighted by Gasteiger charge is 2.26. The summed E-state index contributed by atoms with van der Waals surface area (Å²) in [4.78, 5) is 25.3. The summed E-state index contributed by atoms with van der Waals surface area (Å²) in [5, 5.41) is 3.14. The van der Waals surface area contributed by atoms with Gasteiger partial charge in [-0.25, -0.2) is 0 Å². The second kappa shape index (κ2) is 7.59. The van der Waals surface area contributed by atoms with Crippen LogP contribution in [0.1, 0.15) is 6.92 Å². The third kappa shape index (κ3) is 4.68. The molecule has 0 aliphatic carbocycles. The highest BCUT2D eigenvalue weighted by atomic mass is 32.1. The maximum atomic E-state index is 12.0. The van der Waals surface area contributed by atoms with Gasteiger partial charge in [-0.05, 0) is 31.3 Å². The summed E-state index contributed by atoms with van der Waals surface area (Å²) in [7, 11) is 0. The maximum absolute atomic E-state index is 12.0. The average Bonchev–Trinajstić information content (AvgIpc) is 2.53. The molecule has 1 aliphatic heterocycles. The van der Waals surface area contributed by atoms with E-state index in [9.17, 15) is 9.59 Å². The number of hydrogen-bond acceptors (Lipinski definition) is 4. The molecule has 2 amide bonds. The van der Waals surface area contributed by atoms with E-state index in [4.69, 9.17) is 17.0 Å². The molecular weight excluding hydrogens is 316 g/mol. The minimum absolute atomic E-state index is 0.0870. The fourth-order valence-electron chi connectivity index (χ4n) is 1.91. The Labute approximate surface area is 139 Å². The Morgan fingerprint density at radius 1 is 1.39 bits per heavy atom.